The zero-order chi connectivity index (χ0) is 11.5. The summed E-state index contributed by atoms with van der Waals surface area (Å²) in [5.74, 6) is 0. The molecule has 0 aliphatic heterocycles. The van der Waals surface area contributed by atoms with E-state index in [9.17, 15) is 9.59 Å². The Morgan fingerprint density at radius 1 is 1.25 bits per heavy atom. The summed E-state index contributed by atoms with van der Waals surface area (Å²) in [4.78, 5) is 23.0. The van der Waals surface area contributed by atoms with Crippen LogP contribution in [0.2, 0.25) is 0 Å². The van der Waals surface area contributed by atoms with Crippen molar-refractivity contribution in [3.63, 3.8) is 0 Å². The third-order valence-electron chi connectivity index (χ3n) is 2.10. The molecule has 1 aromatic heterocycles. The molecule has 1 N–H and O–H groups in total. The van der Waals surface area contributed by atoms with Gasteiger partial charge in [0.15, 0.2) is 4.60 Å². The van der Waals surface area contributed by atoms with Crippen LogP contribution in [0.4, 0.5) is 0 Å². The Hall–Kier alpha value is -1.69. The average Bonchev–Trinajstić information content (AvgIpc) is 2.31. The lowest BCUT2D eigenvalue weighted by Crippen LogP contribution is -2.36. The van der Waals surface area contributed by atoms with Crippen LogP contribution in [0.15, 0.2) is 44.5 Å². The minimum Gasteiger partial charge on any atom is -0.266 e. The molecule has 0 saturated heterocycles. The van der Waals surface area contributed by atoms with Crippen molar-refractivity contribution in [2.24, 2.45) is 0 Å². The molecule has 2 aromatic rings. The molecule has 0 radical (unpaired) electrons. The smallest absolute Gasteiger partial charge is 0.266 e. The van der Waals surface area contributed by atoms with Crippen LogP contribution in [0.1, 0.15) is 5.56 Å². The van der Waals surface area contributed by atoms with Crippen LogP contribution >= 0.6 is 15.9 Å². The lowest BCUT2D eigenvalue weighted by molar-refractivity contribution is 0.658. The van der Waals surface area contributed by atoms with E-state index in [1.165, 1.54) is 0 Å². The van der Waals surface area contributed by atoms with Crippen LogP contribution in [-0.4, -0.2) is 14.8 Å². The molecule has 0 saturated carbocycles. The molecule has 0 fully saturated rings. The van der Waals surface area contributed by atoms with Crippen LogP contribution < -0.4 is 11.2 Å². The SMILES string of the molecule is O=c1[nH]nc(Br)c(=O)n1Cc1ccccc1. The summed E-state index contributed by atoms with van der Waals surface area (Å²) in [5.41, 5.74) is -0.0714. The number of halogens is 1. The van der Waals surface area contributed by atoms with E-state index in [-0.39, 0.29) is 11.1 Å². The van der Waals surface area contributed by atoms with Crippen molar-refractivity contribution in [1.82, 2.24) is 14.8 Å². The summed E-state index contributed by atoms with van der Waals surface area (Å²) in [5, 5.41) is 5.77. The number of benzene rings is 1. The van der Waals surface area contributed by atoms with Gasteiger partial charge in [0.2, 0.25) is 0 Å². The molecule has 1 heterocycles. The second kappa shape index (κ2) is 4.44. The Morgan fingerprint density at radius 3 is 2.62 bits per heavy atom. The van der Waals surface area contributed by atoms with Gasteiger partial charge in [-0.1, -0.05) is 30.3 Å². The molecule has 0 amide bonds. The van der Waals surface area contributed by atoms with Gasteiger partial charge in [-0.25, -0.2) is 9.89 Å². The van der Waals surface area contributed by atoms with E-state index >= 15 is 0 Å². The predicted molar refractivity (Wildman–Crippen MR) is 62.4 cm³/mol. The number of nitrogens with one attached hydrogen (secondary N) is 1. The van der Waals surface area contributed by atoms with Crippen LogP contribution in [0.5, 0.6) is 0 Å². The van der Waals surface area contributed by atoms with Gasteiger partial charge in [-0.3, -0.25) is 9.36 Å². The van der Waals surface area contributed by atoms with Crippen molar-refractivity contribution >= 4 is 15.9 Å². The van der Waals surface area contributed by atoms with Gasteiger partial charge in [-0.2, -0.15) is 5.10 Å². The molecule has 5 nitrogen and oxygen atoms in total. The summed E-state index contributed by atoms with van der Waals surface area (Å²) in [7, 11) is 0. The summed E-state index contributed by atoms with van der Waals surface area (Å²) < 4.78 is 1.19. The number of aromatic amines is 1. The Morgan fingerprint density at radius 2 is 1.94 bits per heavy atom. The van der Waals surface area contributed by atoms with Gasteiger partial charge in [0.1, 0.15) is 0 Å². The van der Waals surface area contributed by atoms with Gasteiger partial charge in [-0.15, -0.1) is 0 Å². The highest BCUT2D eigenvalue weighted by Gasteiger charge is 2.06. The van der Waals surface area contributed by atoms with E-state index < -0.39 is 11.2 Å². The van der Waals surface area contributed by atoms with Gasteiger partial charge in [0.25, 0.3) is 5.56 Å². The molecule has 0 unspecified atom stereocenters. The molecule has 6 heteroatoms. The number of hydrogen-bond donors (Lipinski definition) is 1. The van der Waals surface area contributed by atoms with E-state index in [4.69, 9.17) is 0 Å². The molecule has 0 aliphatic rings. The first-order chi connectivity index (χ1) is 7.68. The maximum absolute atomic E-state index is 11.6. The average molecular weight is 282 g/mol. The van der Waals surface area contributed by atoms with Gasteiger partial charge >= 0.3 is 5.69 Å². The second-order valence-corrected chi connectivity index (χ2v) is 3.95. The zero-order valence-corrected chi connectivity index (χ0v) is 9.77. The van der Waals surface area contributed by atoms with Crippen LogP contribution in [0, 0.1) is 0 Å². The Balaban J connectivity index is 2.47. The molecule has 82 valence electrons. The van der Waals surface area contributed by atoms with Crippen molar-refractivity contribution in [3.8, 4) is 0 Å². The van der Waals surface area contributed by atoms with E-state index in [0.717, 1.165) is 10.1 Å². The van der Waals surface area contributed by atoms with Crippen molar-refractivity contribution in [2.45, 2.75) is 6.54 Å². The molecule has 0 aliphatic carbocycles. The van der Waals surface area contributed by atoms with E-state index in [1.54, 1.807) is 0 Å². The Bertz CT molecular complexity index is 603. The van der Waals surface area contributed by atoms with Gasteiger partial charge in [-0.05, 0) is 21.5 Å². The molecule has 2 rings (SSSR count). The number of H-pyrrole nitrogens is 1. The number of rotatable bonds is 2. The summed E-state index contributed by atoms with van der Waals surface area (Å²) in [6.45, 7) is 0.232. The fourth-order valence-electron chi connectivity index (χ4n) is 1.32. The number of nitrogens with zero attached hydrogens (tertiary/aromatic N) is 2. The first kappa shape index (κ1) is 10.8. The highest BCUT2D eigenvalue weighted by molar-refractivity contribution is 9.10. The van der Waals surface area contributed by atoms with Gasteiger partial charge < -0.3 is 0 Å². The van der Waals surface area contributed by atoms with Crippen molar-refractivity contribution in [1.29, 1.82) is 0 Å². The minimum atomic E-state index is -0.517. The monoisotopic (exact) mass is 281 g/mol. The maximum atomic E-state index is 11.6. The van der Waals surface area contributed by atoms with Crippen molar-refractivity contribution < 1.29 is 0 Å². The van der Waals surface area contributed by atoms with Gasteiger partial charge in [0.05, 0.1) is 6.54 Å². The number of aromatic nitrogens is 3. The zero-order valence-electron chi connectivity index (χ0n) is 8.18. The highest BCUT2D eigenvalue weighted by Crippen LogP contribution is 1.99. The van der Waals surface area contributed by atoms with Crippen LogP contribution in [0.25, 0.3) is 0 Å². The van der Waals surface area contributed by atoms with Gasteiger partial charge in [0, 0.05) is 0 Å². The summed E-state index contributed by atoms with van der Waals surface area (Å²) >= 11 is 2.98. The lowest BCUT2D eigenvalue weighted by atomic mass is 10.2. The molecule has 1 aromatic carbocycles. The maximum Gasteiger partial charge on any atom is 0.345 e. The van der Waals surface area contributed by atoms with Crippen LogP contribution in [0.3, 0.4) is 0 Å². The Labute approximate surface area is 98.9 Å². The second-order valence-electron chi connectivity index (χ2n) is 3.20. The van der Waals surface area contributed by atoms with E-state index in [1.807, 2.05) is 30.3 Å². The molecule has 16 heavy (non-hydrogen) atoms. The normalized spacial score (nSPS) is 10.3. The largest absolute Gasteiger partial charge is 0.345 e. The molecule has 0 bridgehead atoms. The number of hydrogen-bond acceptors (Lipinski definition) is 3. The third-order valence-corrected chi connectivity index (χ3v) is 2.62. The molecular weight excluding hydrogens is 274 g/mol. The van der Waals surface area contributed by atoms with Crippen LogP contribution in [-0.2, 0) is 6.54 Å². The van der Waals surface area contributed by atoms with Crippen molar-refractivity contribution in [2.75, 3.05) is 0 Å². The summed E-state index contributed by atoms with van der Waals surface area (Å²) in [6, 6.07) is 9.27. The predicted octanol–water partition coefficient (Wildman–Crippen LogP) is 0.742. The Kier molecular flexibility index (Phi) is 3.00. The topological polar surface area (TPSA) is 67.8 Å². The van der Waals surface area contributed by atoms with E-state index in [2.05, 4.69) is 26.1 Å². The first-order valence-electron chi connectivity index (χ1n) is 4.57. The fraction of sp³-hybridized carbons (Fsp3) is 0.100. The first-order valence-corrected chi connectivity index (χ1v) is 5.37. The molecule has 0 spiro atoms. The quantitative estimate of drug-likeness (QED) is 0.883. The minimum absolute atomic E-state index is 0.100. The van der Waals surface area contributed by atoms with Crippen molar-refractivity contribution in [3.05, 3.63) is 61.3 Å². The fourth-order valence-corrected chi connectivity index (χ4v) is 1.62. The molecule has 0 atom stereocenters. The standard InChI is InChI=1S/C10H8BrN3O2/c11-8-9(15)14(10(16)13-12-8)6-7-4-2-1-3-5-7/h1-5H,6H2,(H,13,16). The lowest BCUT2D eigenvalue weighted by Gasteiger charge is -2.03. The third kappa shape index (κ3) is 2.11. The summed E-state index contributed by atoms with van der Waals surface area (Å²) in [6.07, 6.45) is 0. The molecular formula is C10H8BrN3O2. The van der Waals surface area contributed by atoms with E-state index in [0.29, 0.717) is 0 Å². The highest BCUT2D eigenvalue weighted by atomic mass is 79.9.